The molecule has 0 amide bonds. The number of aromatic nitrogens is 2. The van der Waals surface area contributed by atoms with Crippen LogP contribution in [0.25, 0.3) is 0 Å². The first-order valence-electron chi connectivity index (χ1n) is 5.63. The maximum Gasteiger partial charge on any atom is 0.263 e. The molecule has 0 spiro atoms. The van der Waals surface area contributed by atoms with Crippen molar-refractivity contribution in [1.29, 1.82) is 0 Å². The van der Waals surface area contributed by atoms with Crippen molar-refractivity contribution in [2.75, 3.05) is 4.72 Å². The molecule has 1 aromatic carbocycles. The zero-order chi connectivity index (χ0) is 13.9. The first-order valence-corrected chi connectivity index (χ1v) is 7.12. The average molecular weight is 278 g/mol. The van der Waals surface area contributed by atoms with Crippen molar-refractivity contribution >= 4 is 15.8 Å². The predicted octanol–water partition coefficient (Wildman–Crippen LogP) is 1.30. The fourth-order valence-electron chi connectivity index (χ4n) is 1.51. The van der Waals surface area contributed by atoms with Crippen molar-refractivity contribution in [2.45, 2.75) is 17.9 Å². The lowest BCUT2D eigenvalue weighted by atomic mass is 10.1. The van der Waals surface area contributed by atoms with Crippen molar-refractivity contribution in [2.24, 2.45) is 5.73 Å². The van der Waals surface area contributed by atoms with Crippen molar-refractivity contribution in [3.63, 3.8) is 0 Å². The lowest BCUT2D eigenvalue weighted by Gasteiger charge is -2.10. The van der Waals surface area contributed by atoms with E-state index >= 15 is 0 Å². The van der Waals surface area contributed by atoms with Gasteiger partial charge >= 0.3 is 0 Å². The monoisotopic (exact) mass is 278 g/mol. The molecule has 6 nitrogen and oxygen atoms in total. The van der Waals surface area contributed by atoms with Gasteiger partial charge in [-0.1, -0.05) is 12.1 Å². The fraction of sp³-hybridized carbons (Fsp3) is 0.167. The minimum atomic E-state index is -3.68. The SMILES string of the molecule is CC(N)c1cccc(S(=O)(=O)Nc2cnccn2)c1. The van der Waals surface area contributed by atoms with E-state index < -0.39 is 10.0 Å². The van der Waals surface area contributed by atoms with Gasteiger partial charge in [0.2, 0.25) is 0 Å². The second-order valence-corrected chi connectivity index (χ2v) is 5.74. The minimum absolute atomic E-state index is 0.146. The Morgan fingerprint density at radius 2 is 2.11 bits per heavy atom. The Kier molecular flexibility index (Phi) is 3.77. The highest BCUT2D eigenvalue weighted by atomic mass is 32.2. The largest absolute Gasteiger partial charge is 0.324 e. The van der Waals surface area contributed by atoms with Crippen LogP contribution in [0.5, 0.6) is 0 Å². The third kappa shape index (κ3) is 3.27. The van der Waals surface area contributed by atoms with Crippen LogP contribution in [0.15, 0.2) is 47.8 Å². The number of hydrogen-bond acceptors (Lipinski definition) is 5. The molecule has 1 heterocycles. The van der Waals surface area contributed by atoms with Crippen LogP contribution in [0, 0.1) is 0 Å². The number of nitrogens with one attached hydrogen (secondary N) is 1. The molecular formula is C12H14N4O2S. The van der Waals surface area contributed by atoms with Gasteiger partial charge < -0.3 is 5.73 Å². The zero-order valence-electron chi connectivity index (χ0n) is 10.3. The summed E-state index contributed by atoms with van der Waals surface area (Å²) in [6.45, 7) is 1.79. The Hall–Kier alpha value is -1.99. The van der Waals surface area contributed by atoms with E-state index in [0.717, 1.165) is 5.56 Å². The molecule has 0 saturated carbocycles. The second kappa shape index (κ2) is 5.33. The van der Waals surface area contributed by atoms with Gasteiger partial charge in [0.1, 0.15) is 0 Å². The molecule has 0 aliphatic heterocycles. The van der Waals surface area contributed by atoms with Gasteiger partial charge in [0.05, 0.1) is 11.1 Å². The van der Waals surface area contributed by atoms with E-state index in [1.54, 1.807) is 25.1 Å². The Bertz CT molecular complexity index is 656. The molecule has 100 valence electrons. The number of rotatable bonds is 4. The maximum absolute atomic E-state index is 12.2. The summed E-state index contributed by atoms with van der Waals surface area (Å²) >= 11 is 0. The minimum Gasteiger partial charge on any atom is -0.324 e. The Labute approximate surface area is 111 Å². The number of anilines is 1. The van der Waals surface area contributed by atoms with Crippen LogP contribution in [0.3, 0.4) is 0 Å². The highest BCUT2D eigenvalue weighted by Crippen LogP contribution is 2.18. The summed E-state index contributed by atoms with van der Waals surface area (Å²) in [7, 11) is -3.68. The summed E-state index contributed by atoms with van der Waals surface area (Å²) in [6, 6.07) is 6.26. The van der Waals surface area contributed by atoms with Crippen molar-refractivity contribution in [1.82, 2.24) is 9.97 Å². The van der Waals surface area contributed by atoms with Gasteiger partial charge in [-0.3, -0.25) is 9.71 Å². The first-order chi connectivity index (χ1) is 8.99. The van der Waals surface area contributed by atoms with Crippen LogP contribution in [0.1, 0.15) is 18.5 Å². The van der Waals surface area contributed by atoms with Crippen molar-refractivity contribution in [3.8, 4) is 0 Å². The molecule has 0 aliphatic carbocycles. The molecule has 0 bridgehead atoms. The third-order valence-corrected chi connectivity index (χ3v) is 3.85. The summed E-state index contributed by atoms with van der Waals surface area (Å²) in [6.07, 6.45) is 4.22. The average Bonchev–Trinajstić information content (AvgIpc) is 2.39. The fourth-order valence-corrected chi connectivity index (χ4v) is 2.56. The van der Waals surface area contributed by atoms with Crippen LogP contribution < -0.4 is 10.5 Å². The molecule has 7 heteroatoms. The summed E-state index contributed by atoms with van der Waals surface area (Å²) in [5.41, 5.74) is 6.49. The van der Waals surface area contributed by atoms with Crippen molar-refractivity contribution < 1.29 is 8.42 Å². The molecule has 2 rings (SSSR count). The molecule has 3 N–H and O–H groups in total. The zero-order valence-corrected chi connectivity index (χ0v) is 11.1. The first kappa shape index (κ1) is 13.4. The van der Waals surface area contributed by atoms with Gasteiger partial charge in [0.25, 0.3) is 10.0 Å². The van der Waals surface area contributed by atoms with E-state index in [2.05, 4.69) is 14.7 Å². The van der Waals surface area contributed by atoms with Crippen LogP contribution in [-0.2, 0) is 10.0 Å². The molecule has 0 fully saturated rings. The highest BCUT2D eigenvalue weighted by Gasteiger charge is 2.15. The highest BCUT2D eigenvalue weighted by molar-refractivity contribution is 7.92. The Balaban J connectivity index is 2.32. The number of hydrogen-bond donors (Lipinski definition) is 2. The van der Waals surface area contributed by atoms with E-state index in [4.69, 9.17) is 5.73 Å². The van der Waals surface area contributed by atoms with E-state index in [1.165, 1.54) is 24.7 Å². The summed E-state index contributed by atoms with van der Waals surface area (Å²) in [5, 5.41) is 0. The van der Waals surface area contributed by atoms with Gasteiger partial charge in [-0.15, -0.1) is 0 Å². The van der Waals surface area contributed by atoms with E-state index in [9.17, 15) is 8.42 Å². The molecule has 1 atom stereocenters. The van der Waals surface area contributed by atoms with E-state index in [0.29, 0.717) is 0 Å². The maximum atomic E-state index is 12.2. The molecule has 0 radical (unpaired) electrons. The number of benzene rings is 1. The molecule has 19 heavy (non-hydrogen) atoms. The van der Waals surface area contributed by atoms with E-state index in [-0.39, 0.29) is 16.8 Å². The number of nitrogens with zero attached hydrogens (tertiary/aromatic N) is 2. The van der Waals surface area contributed by atoms with Crippen LogP contribution in [-0.4, -0.2) is 18.4 Å². The van der Waals surface area contributed by atoms with Gasteiger partial charge in [0.15, 0.2) is 5.82 Å². The standard InChI is InChI=1S/C12H14N4O2S/c1-9(13)10-3-2-4-11(7-10)19(17,18)16-12-8-14-5-6-15-12/h2-9H,13H2,1H3,(H,15,16). The second-order valence-electron chi connectivity index (χ2n) is 4.06. The lowest BCUT2D eigenvalue weighted by molar-refractivity contribution is 0.600. The lowest BCUT2D eigenvalue weighted by Crippen LogP contribution is -2.15. The van der Waals surface area contributed by atoms with Gasteiger partial charge in [-0.25, -0.2) is 13.4 Å². The van der Waals surface area contributed by atoms with Crippen LogP contribution in [0.4, 0.5) is 5.82 Å². The van der Waals surface area contributed by atoms with Gasteiger partial charge in [-0.05, 0) is 24.6 Å². The Morgan fingerprint density at radius 1 is 1.32 bits per heavy atom. The normalized spacial score (nSPS) is 12.9. The number of sulfonamides is 1. The molecular weight excluding hydrogens is 264 g/mol. The van der Waals surface area contributed by atoms with Gasteiger partial charge in [-0.2, -0.15) is 0 Å². The number of nitrogens with two attached hydrogens (primary N) is 1. The smallest absolute Gasteiger partial charge is 0.263 e. The molecule has 1 unspecified atom stereocenters. The summed E-state index contributed by atoms with van der Waals surface area (Å²) < 4.78 is 26.7. The molecule has 1 aromatic heterocycles. The molecule has 0 saturated heterocycles. The quantitative estimate of drug-likeness (QED) is 0.878. The van der Waals surface area contributed by atoms with E-state index in [1.807, 2.05) is 0 Å². The Morgan fingerprint density at radius 3 is 2.74 bits per heavy atom. The topological polar surface area (TPSA) is 98.0 Å². The molecule has 0 aliphatic rings. The third-order valence-electron chi connectivity index (χ3n) is 2.50. The van der Waals surface area contributed by atoms with Crippen LogP contribution in [0.2, 0.25) is 0 Å². The predicted molar refractivity (Wildman–Crippen MR) is 71.9 cm³/mol. The van der Waals surface area contributed by atoms with Crippen LogP contribution >= 0.6 is 0 Å². The van der Waals surface area contributed by atoms with Crippen molar-refractivity contribution in [3.05, 3.63) is 48.4 Å². The summed E-state index contributed by atoms with van der Waals surface area (Å²) in [4.78, 5) is 7.81. The molecule has 2 aromatic rings. The van der Waals surface area contributed by atoms with Gasteiger partial charge in [0, 0.05) is 18.4 Å². The summed E-state index contributed by atoms with van der Waals surface area (Å²) in [5.74, 6) is 0.175.